The van der Waals surface area contributed by atoms with Crippen molar-refractivity contribution in [2.75, 3.05) is 0 Å². The molecule has 0 aliphatic heterocycles. The Morgan fingerprint density at radius 3 is 1.85 bits per heavy atom. The van der Waals surface area contributed by atoms with Gasteiger partial charge in [-0.15, -0.1) is 0 Å². The minimum absolute atomic E-state index is 0.00774. The van der Waals surface area contributed by atoms with E-state index < -0.39 is 0 Å². The average molecular weight is 721 g/mol. The molecule has 1 aromatic carbocycles. The van der Waals surface area contributed by atoms with E-state index in [0.717, 1.165) is 30.6 Å². The number of carbonyl (C=O) groups is 2. The van der Waals surface area contributed by atoms with Gasteiger partial charge in [0.1, 0.15) is 0 Å². The molecule has 2 nitrogen and oxygen atoms in total. The smallest absolute Gasteiger partial charge is 0.190 e. The number of benzene rings is 1. The predicted octanol–water partition coefficient (Wildman–Crippen LogP) is 15.7. The van der Waals surface area contributed by atoms with Crippen LogP contribution in [0.3, 0.4) is 0 Å². The van der Waals surface area contributed by atoms with E-state index in [1.807, 2.05) is 12.1 Å². The highest BCUT2D eigenvalue weighted by atomic mass is 16.1. The van der Waals surface area contributed by atoms with Gasteiger partial charge in [0.25, 0.3) is 0 Å². The molecule has 0 unspecified atom stereocenters. The maximum atomic E-state index is 13.0. The number of rotatable bonds is 22. The molecular formula is C51H76O2. The highest BCUT2D eigenvalue weighted by Crippen LogP contribution is 2.43. The second-order valence-corrected chi connectivity index (χ2v) is 18.0. The number of fused-ring (bicyclic) bond motifs is 1. The zero-order valence-corrected chi connectivity index (χ0v) is 35.8. The zero-order chi connectivity index (χ0) is 39.0. The van der Waals surface area contributed by atoms with Gasteiger partial charge in [0.15, 0.2) is 11.6 Å². The minimum atomic E-state index is -0.00774. The quantitative estimate of drug-likeness (QED) is 0.112. The highest BCUT2D eigenvalue weighted by Gasteiger charge is 2.32. The molecule has 2 aliphatic rings. The maximum Gasteiger partial charge on any atom is 0.190 e. The van der Waals surface area contributed by atoms with Gasteiger partial charge in [-0.1, -0.05) is 136 Å². The Hall–Kier alpha value is -3.00. The lowest BCUT2D eigenvalue weighted by molar-refractivity contribution is 0.0973. The summed E-state index contributed by atoms with van der Waals surface area (Å²) in [4.78, 5) is 25.8. The van der Waals surface area contributed by atoms with Gasteiger partial charge in [0.2, 0.25) is 0 Å². The summed E-state index contributed by atoms with van der Waals surface area (Å²) in [6.45, 7) is 23.0. The van der Waals surface area contributed by atoms with Crippen LogP contribution in [0, 0.1) is 23.2 Å². The average Bonchev–Trinajstić information content (AvgIpc) is 3.10. The van der Waals surface area contributed by atoms with Gasteiger partial charge in [-0.25, -0.2) is 0 Å². The molecule has 0 saturated heterocycles. The highest BCUT2D eigenvalue weighted by molar-refractivity contribution is 6.26. The molecule has 0 fully saturated rings. The topological polar surface area (TPSA) is 34.1 Å². The Morgan fingerprint density at radius 1 is 0.698 bits per heavy atom. The van der Waals surface area contributed by atoms with Crippen molar-refractivity contribution in [1.29, 1.82) is 0 Å². The predicted molar refractivity (Wildman–Crippen MR) is 231 cm³/mol. The third kappa shape index (κ3) is 15.0. The van der Waals surface area contributed by atoms with Crippen molar-refractivity contribution in [3.63, 3.8) is 0 Å². The first-order valence-corrected chi connectivity index (χ1v) is 21.4. The lowest BCUT2D eigenvalue weighted by Gasteiger charge is -2.38. The molecule has 0 saturated carbocycles. The Kier molecular flexibility index (Phi) is 18.8. The lowest BCUT2D eigenvalue weighted by atomic mass is 9.67. The van der Waals surface area contributed by atoms with Gasteiger partial charge in [-0.2, -0.15) is 0 Å². The van der Waals surface area contributed by atoms with E-state index in [4.69, 9.17) is 0 Å². The van der Waals surface area contributed by atoms with E-state index in [-0.39, 0.29) is 11.6 Å². The fourth-order valence-corrected chi connectivity index (χ4v) is 8.62. The summed E-state index contributed by atoms with van der Waals surface area (Å²) < 4.78 is 0. The molecule has 0 spiro atoms. The van der Waals surface area contributed by atoms with Crippen LogP contribution in [-0.4, -0.2) is 11.6 Å². The van der Waals surface area contributed by atoms with Crippen molar-refractivity contribution in [3.8, 4) is 0 Å². The summed E-state index contributed by atoms with van der Waals surface area (Å²) in [5.74, 6) is 2.27. The summed E-state index contributed by atoms with van der Waals surface area (Å²) in [5.41, 5.74) is 10.4. The van der Waals surface area contributed by atoms with Crippen molar-refractivity contribution in [3.05, 3.63) is 105 Å². The normalized spacial score (nSPS) is 19.7. The summed E-state index contributed by atoms with van der Waals surface area (Å²) in [6, 6.07) is 7.20. The van der Waals surface area contributed by atoms with Crippen LogP contribution in [0.5, 0.6) is 0 Å². The molecule has 1 aromatic rings. The van der Waals surface area contributed by atoms with Gasteiger partial charge in [-0.3, -0.25) is 9.59 Å². The van der Waals surface area contributed by atoms with Gasteiger partial charge < -0.3 is 0 Å². The largest absolute Gasteiger partial charge is 0.289 e. The van der Waals surface area contributed by atoms with Crippen LogP contribution >= 0.6 is 0 Å². The minimum Gasteiger partial charge on any atom is -0.289 e. The first-order valence-electron chi connectivity index (χ1n) is 21.4. The van der Waals surface area contributed by atoms with E-state index >= 15 is 0 Å². The van der Waals surface area contributed by atoms with Gasteiger partial charge in [0, 0.05) is 22.3 Å². The maximum absolute atomic E-state index is 13.0. The van der Waals surface area contributed by atoms with Crippen molar-refractivity contribution in [2.24, 2.45) is 23.2 Å². The first kappa shape index (κ1) is 44.4. The summed E-state index contributed by atoms with van der Waals surface area (Å²) in [7, 11) is 0. The van der Waals surface area contributed by atoms with E-state index in [1.54, 1.807) is 35.8 Å². The second-order valence-electron chi connectivity index (χ2n) is 18.0. The summed E-state index contributed by atoms with van der Waals surface area (Å²) in [6.07, 6.45) is 32.4. The van der Waals surface area contributed by atoms with Gasteiger partial charge in [0.05, 0.1) is 0 Å². The van der Waals surface area contributed by atoms with Gasteiger partial charge >= 0.3 is 0 Å². The van der Waals surface area contributed by atoms with Crippen LogP contribution in [-0.2, 0) is 0 Å². The number of carbonyl (C=O) groups excluding carboxylic acids is 2. The number of ketones is 2. The van der Waals surface area contributed by atoms with Crippen LogP contribution in [0.1, 0.15) is 199 Å². The Balaban J connectivity index is 1.23. The molecule has 3 rings (SSSR count). The monoisotopic (exact) mass is 721 g/mol. The Morgan fingerprint density at radius 2 is 1.23 bits per heavy atom. The molecule has 0 amide bonds. The molecule has 0 aromatic heterocycles. The van der Waals surface area contributed by atoms with E-state index in [2.05, 4.69) is 92.7 Å². The Bertz CT molecular complexity index is 1550. The lowest BCUT2D eigenvalue weighted by Crippen LogP contribution is -2.27. The third-order valence-electron chi connectivity index (χ3n) is 12.6. The SMILES string of the molecule is CC(=CCCC(C)=CCC[C@@H](C)CCC[C@@H](C)CCCC(C)=CCC1=C(C)C(=O)c2ccccc2C1=O)CCC=C(C)CC[C@@H]1C(C)=CCCC1(C)C. The van der Waals surface area contributed by atoms with Crippen LogP contribution in [0.4, 0.5) is 0 Å². The number of allylic oxidation sites excluding steroid dienone is 12. The number of hydrogen-bond acceptors (Lipinski definition) is 2. The first-order chi connectivity index (χ1) is 25.2. The molecular weight excluding hydrogens is 645 g/mol. The van der Waals surface area contributed by atoms with Crippen molar-refractivity contribution in [1.82, 2.24) is 0 Å². The molecule has 3 atom stereocenters. The van der Waals surface area contributed by atoms with Crippen LogP contribution in [0.2, 0.25) is 0 Å². The van der Waals surface area contributed by atoms with Crippen molar-refractivity contribution < 1.29 is 9.59 Å². The molecule has 2 heteroatoms. The molecule has 0 bridgehead atoms. The molecule has 292 valence electrons. The summed E-state index contributed by atoms with van der Waals surface area (Å²) >= 11 is 0. The molecule has 0 N–H and O–H groups in total. The van der Waals surface area contributed by atoms with E-state index in [1.165, 1.54) is 101 Å². The van der Waals surface area contributed by atoms with E-state index in [9.17, 15) is 9.59 Å². The number of hydrogen-bond donors (Lipinski definition) is 0. The zero-order valence-electron chi connectivity index (χ0n) is 35.8. The van der Waals surface area contributed by atoms with Crippen molar-refractivity contribution in [2.45, 2.75) is 178 Å². The molecule has 2 aliphatic carbocycles. The fraction of sp³-hybridized carbons (Fsp3) is 0.608. The fourth-order valence-electron chi connectivity index (χ4n) is 8.62. The second kappa shape index (κ2) is 22.4. The van der Waals surface area contributed by atoms with Gasteiger partial charge in [-0.05, 0) is 148 Å². The molecule has 0 radical (unpaired) electrons. The van der Waals surface area contributed by atoms with E-state index in [0.29, 0.717) is 34.1 Å². The standard InChI is InChI=1S/C51H76O2/c1-37(19-13-20-38(2)22-15-24-40(4)26-17-28-42(6)33-35-48-43(7)29-18-36-51(48,9)10)21-14-23-39(3)25-16-27-41(5)32-34-45-44(8)49(52)46-30-11-12-31-47(46)50(45)53/h11-12,20,24,28-32,37,39,48H,13-19,21-23,25-27,33-36H2,1-10H3/t37-,39-,48-/m1/s1. The molecule has 0 heterocycles. The van der Waals surface area contributed by atoms with Crippen molar-refractivity contribution >= 4 is 11.6 Å². The number of Topliss-reactive ketones (excluding diaryl/α,β-unsaturated/α-hetero) is 2. The molecule has 53 heavy (non-hydrogen) atoms. The van der Waals surface area contributed by atoms with Crippen LogP contribution in [0.25, 0.3) is 0 Å². The summed E-state index contributed by atoms with van der Waals surface area (Å²) in [5, 5.41) is 0. The van der Waals surface area contributed by atoms with Crippen LogP contribution in [0.15, 0.2) is 93.7 Å². The Labute approximate surface area is 326 Å². The van der Waals surface area contributed by atoms with Crippen LogP contribution < -0.4 is 0 Å². The third-order valence-corrected chi connectivity index (χ3v) is 12.6.